The molecule has 1 amide bonds. The molecule has 1 fully saturated rings. The zero-order valence-electron chi connectivity index (χ0n) is 19.5. The Balaban J connectivity index is 1.33. The molecule has 174 valence electrons. The molecule has 1 aliphatic rings. The molecule has 0 spiro atoms. The summed E-state index contributed by atoms with van der Waals surface area (Å²) >= 11 is 6.12. The number of aromatic nitrogens is 2. The summed E-state index contributed by atoms with van der Waals surface area (Å²) in [5.74, 6) is 2.01. The highest BCUT2D eigenvalue weighted by Crippen LogP contribution is 2.33. The molecule has 1 aromatic heterocycles. The van der Waals surface area contributed by atoms with E-state index in [1.54, 1.807) is 0 Å². The minimum absolute atomic E-state index is 0.0565. The Morgan fingerprint density at radius 2 is 1.85 bits per heavy atom. The Labute approximate surface area is 204 Å². The summed E-state index contributed by atoms with van der Waals surface area (Å²) in [5, 5.41) is 0.743. The van der Waals surface area contributed by atoms with E-state index in [1.165, 1.54) is 5.56 Å². The molecule has 2 heterocycles. The highest BCUT2D eigenvalue weighted by molar-refractivity contribution is 6.31. The molecule has 0 saturated carbocycles. The topological polar surface area (TPSA) is 47.4 Å². The van der Waals surface area contributed by atoms with Crippen LogP contribution in [0.25, 0.3) is 11.0 Å². The molecule has 0 bridgehead atoms. The molecule has 1 aliphatic heterocycles. The zero-order chi connectivity index (χ0) is 23.7. The van der Waals surface area contributed by atoms with Crippen LogP contribution in [0.4, 0.5) is 5.69 Å². The first-order valence-corrected chi connectivity index (χ1v) is 12.1. The third-order valence-corrected chi connectivity index (χ3v) is 6.87. The average molecular weight is 474 g/mol. The van der Waals surface area contributed by atoms with E-state index in [9.17, 15) is 4.79 Å². The molecule has 1 atom stereocenters. The third kappa shape index (κ3) is 4.53. The molecular weight excluding hydrogens is 446 g/mol. The van der Waals surface area contributed by atoms with Crippen LogP contribution in [0, 0.1) is 13.8 Å². The van der Waals surface area contributed by atoms with Gasteiger partial charge in [0.2, 0.25) is 5.91 Å². The summed E-state index contributed by atoms with van der Waals surface area (Å²) in [4.78, 5) is 19.7. The number of fused-ring (bicyclic) bond motifs is 1. The van der Waals surface area contributed by atoms with Crippen LogP contribution >= 0.6 is 11.6 Å². The minimum atomic E-state index is 0.0565. The number of anilines is 1. The standard InChI is InChI=1S/C28H28ClN3O2/c1-19-8-10-22(11-9-19)32-18-21(17-27(32)33)28-30-25-6-3-4-7-26(25)31(28)14-5-15-34-23-12-13-24(29)20(2)16-23/h3-4,6-13,16,21H,5,14-15,17-18H2,1-2H3. The van der Waals surface area contributed by atoms with Crippen LogP contribution in [0.3, 0.4) is 0 Å². The van der Waals surface area contributed by atoms with E-state index in [0.29, 0.717) is 19.6 Å². The molecule has 1 saturated heterocycles. The lowest BCUT2D eigenvalue weighted by atomic mass is 10.1. The Bertz CT molecular complexity index is 1330. The summed E-state index contributed by atoms with van der Waals surface area (Å²) in [5.41, 5.74) is 5.21. The predicted octanol–water partition coefficient (Wildman–Crippen LogP) is 6.30. The summed E-state index contributed by atoms with van der Waals surface area (Å²) in [6.07, 6.45) is 1.30. The lowest BCUT2D eigenvalue weighted by Gasteiger charge is -2.18. The number of halogens is 1. The van der Waals surface area contributed by atoms with Crippen molar-refractivity contribution in [3.05, 3.63) is 88.7 Å². The van der Waals surface area contributed by atoms with Gasteiger partial charge in [0.15, 0.2) is 0 Å². The van der Waals surface area contributed by atoms with Crippen molar-refractivity contribution in [2.24, 2.45) is 0 Å². The third-order valence-electron chi connectivity index (χ3n) is 6.44. The molecule has 5 nitrogen and oxygen atoms in total. The minimum Gasteiger partial charge on any atom is -0.494 e. The predicted molar refractivity (Wildman–Crippen MR) is 137 cm³/mol. The van der Waals surface area contributed by atoms with E-state index < -0.39 is 0 Å². The Hall–Kier alpha value is -3.31. The van der Waals surface area contributed by atoms with Crippen molar-refractivity contribution in [1.29, 1.82) is 0 Å². The first-order valence-electron chi connectivity index (χ1n) is 11.7. The van der Waals surface area contributed by atoms with Gasteiger partial charge in [-0.05, 0) is 68.3 Å². The van der Waals surface area contributed by atoms with Crippen LogP contribution in [0.1, 0.15) is 35.7 Å². The van der Waals surface area contributed by atoms with Gasteiger partial charge in [-0.2, -0.15) is 0 Å². The number of aryl methyl sites for hydroxylation is 3. The number of carbonyl (C=O) groups excluding carboxylic acids is 1. The number of para-hydroxylation sites is 2. The maximum atomic E-state index is 12.9. The second-order valence-electron chi connectivity index (χ2n) is 8.96. The van der Waals surface area contributed by atoms with Gasteiger partial charge in [-0.15, -0.1) is 0 Å². The van der Waals surface area contributed by atoms with E-state index in [2.05, 4.69) is 17.6 Å². The lowest BCUT2D eigenvalue weighted by Crippen LogP contribution is -2.24. The van der Waals surface area contributed by atoms with Crippen LogP contribution in [0.5, 0.6) is 5.75 Å². The Morgan fingerprint density at radius 1 is 1.06 bits per heavy atom. The highest BCUT2D eigenvalue weighted by atomic mass is 35.5. The number of nitrogens with zero attached hydrogens (tertiary/aromatic N) is 3. The zero-order valence-corrected chi connectivity index (χ0v) is 20.3. The van der Waals surface area contributed by atoms with E-state index in [4.69, 9.17) is 21.3 Å². The number of rotatable bonds is 7. The Kier molecular flexibility index (Phi) is 6.29. The lowest BCUT2D eigenvalue weighted by molar-refractivity contribution is -0.117. The van der Waals surface area contributed by atoms with Crippen molar-refractivity contribution >= 4 is 34.2 Å². The summed E-state index contributed by atoms with van der Waals surface area (Å²) < 4.78 is 8.23. The van der Waals surface area contributed by atoms with E-state index in [-0.39, 0.29) is 11.8 Å². The van der Waals surface area contributed by atoms with Crippen molar-refractivity contribution < 1.29 is 9.53 Å². The first kappa shape index (κ1) is 22.5. The van der Waals surface area contributed by atoms with Crippen molar-refractivity contribution in [2.45, 2.75) is 39.2 Å². The van der Waals surface area contributed by atoms with Crippen molar-refractivity contribution in [3.8, 4) is 5.75 Å². The highest BCUT2D eigenvalue weighted by Gasteiger charge is 2.34. The molecule has 1 unspecified atom stereocenters. The summed E-state index contributed by atoms with van der Waals surface area (Å²) in [6, 6.07) is 22.1. The molecule has 34 heavy (non-hydrogen) atoms. The van der Waals surface area contributed by atoms with Crippen LogP contribution in [0.15, 0.2) is 66.7 Å². The van der Waals surface area contributed by atoms with Gasteiger partial charge >= 0.3 is 0 Å². The normalized spacial score (nSPS) is 15.9. The second kappa shape index (κ2) is 9.51. The SMILES string of the molecule is Cc1ccc(N2CC(c3nc4ccccc4n3CCCOc3ccc(Cl)c(C)c3)CC2=O)cc1. The van der Waals surface area contributed by atoms with Crippen molar-refractivity contribution in [1.82, 2.24) is 9.55 Å². The molecule has 5 rings (SSSR count). The fourth-order valence-electron chi connectivity index (χ4n) is 4.62. The van der Waals surface area contributed by atoms with Gasteiger partial charge in [0.05, 0.1) is 17.6 Å². The number of amides is 1. The van der Waals surface area contributed by atoms with Gasteiger partial charge in [-0.25, -0.2) is 4.98 Å². The van der Waals surface area contributed by atoms with Crippen LogP contribution in [0.2, 0.25) is 5.02 Å². The fraction of sp³-hybridized carbons (Fsp3) is 0.286. The Morgan fingerprint density at radius 3 is 2.65 bits per heavy atom. The number of hydrogen-bond donors (Lipinski definition) is 0. The van der Waals surface area contributed by atoms with Gasteiger partial charge in [-0.3, -0.25) is 4.79 Å². The average Bonchev–Trinajstić information content (AvgIpc) is 3.40. The number of imidazole rings is 1. The van der Waals surface area contributed by atoms with Crippen molar-refractivity contribution in [2.75, 3.05) is 18.1 Å². The van der Waals surface area contributed by atoms with E-state index in [0.717, 1.165) is 51.8 Å². The van der Waals surface area contributed by atoms with Gasteiger partial charge in [0.25, 0.3) is 0 Å². The number of hydrogen-bond acceptors (Lipinski definition) is 3. The molecular formula is C28H28ClN3O2. The van der Waals surface area contributed by atoms with Crippen LogP contribution < -0.4 is 9.64 Å². The number of benzene rings is 3. The smallest absolute Gasteiger partial charge is 0.227 e. The van der Waals surface area contributed by atoms with Gasteiger partial charge < -0.3 is 14.2 Å². The molecule has 6 heteroatoms. The fourth-order valence-corrected chi connectivity index (χ4v) is 4.73. The summed E-state index contributed by atoms with van der Waals surface area (Å²) in [7, 11) is 0. The molecule has 0 aliphatic carbocycles. The van der Waals surface area contributed by atoms with E-state index in [1.807, 2.05) is 72.5 Å². The van der Waals surface area contributed by atoms with Gasteiger partial charge in [-0.1, -0.05) is 41.4 Å². The molecule has 4 aromatic rings. The van der Waals surface area contributed by atoms with E-state index >= 15 is 0 Å². The first-order chi connectivity index (χ1) is 16.5. The quantitative estimate of drug-likeness (QED) is 0.296. The largest absolute Gasteiger partial charge is 0.494 e. The maximum absolute atomic E-state index is 12.9. The van der Waals surface area contributed by atoms with Gasteiger partial charge in [0.1, 0.15) is 11.6 Å². The van der Waals surface area contributed by atoms with Crippen LogP contribution in [-0.2, 0) is 11.3 Å². The second-order valence-corrected chi connectivity index (χ2v) is 9.37. The number of carbonyl (C=O) groups is 1. The molecule has 0 N–H and O–H groups in total. The monoisotopic (exact) mass is 473 g/mol. The van der Waals surface area contributed by atoms with Crippen molar-refractivity contribution in [3.63, 3.8) is 0 Å². The summed E-state index contributed by atoms with van der Waals surface area (Å²) in [6.45, 7) is 6.04. The maximum Gasteiger partial charge on any atom is 0.227 e. The van der Waals surface area contributed by atoms with Crippen LogP contribution in [-0.4, -0.2) is 28.6 Å². The molecule has 0 radical (unpaired) electrons. The number of ether oxygens (including phenoxy) is 1. The van der Waals surface area contributed by atoms with Gasteiger partial charge in [0, 0.05) is 36.1 Å². The molecule has 3 aromatic carbocycles.